The molecule has 0 bridgehead atoms. The van der Waals surface area contributed by atoms with E-state index in [4.69, 9.17) is 15.9 Å². The Kier molecular flexibility index (Phi) is 7.78. The van der Waals surface area contributed by atoms with Gasteiger partial charge in [-0.25, -0.2) is 14.6 Å². The molecular formula is C39H41N7O9. The van der Waals surface area contributed by atoms with Crippen LogP contribution >= 0.6 is 0 Å². The van der Waals surface area contributed by atoms with Gasteiger partial charge in [-0.3, -0.25) is 29.0 Å². The van der Waals surface area contributed by atoms with E-state index in [0.717, 1.165) is 12.8 Å². The zero-order valence-corrected chi connectivity index (χ0v) is 29.9. The second kappa shape index (κ2) is 12.3. The monoisotopic (exact) mass is 751 g/mol. The molecule has 6 aliphatic rings. The number of hydrogen-bond donors (Lipinski definition) is 4. The number of nitrogens with zero attached hydrogens (tertiary/aromatic N) is 5. The van der Waals surface area contributed by atoms with Gasteiger partial charge in [0.05, 0.1) is 6.20 Å². The minimum Gasteiger partial charge on any atom is -0.465 e. The number of oxazole rings is 1. The number of fused-ring (bicyclic) bond motifs is 2. The van der Waals surface area contributed by atoms with Crippen LogP contribution in [-0.4, -0.2) is 108 Å². The summed E-state index contributed by atoms with van der Waals surface area (Å²) in [5.74, 6) is -1.11. The van der Waals surface area contributed by atoms with Gasteiger partial charge in [0.1, 0.15) is 23.2 Å². The largest absolute Gasteiger partial charge is 0.465 e. The predicted octanol–water partition coefficient (Wildman–Crippen LogP) is 2.90. The standard InChI is InChI=1S/C39H41N7O9/c40-34(49)38(11-1-13-43(38)32(47)28-17-22-15-26(22)45(28)36(51)52)24-7-3-20(4-8-24)30-19-42-31(55-30)21-5-9-25(10-6-21)39(35(41)50)12-2-14-44(39)33(48)29-18-23-16-27(23)46(29)37(53)54/h3-10,19,22-23,26-29H,1-2,11-18H2,(H2,40,49)(H2,41,50)(H,51,52)(H,53,54)/t22-,23-,26-,27-,28-,29-,38-,39-/m0/s1. The van der Waals surface area contributed by atoms with Gasteiger partial charge in [0.25, 0.3) is 0 Å². The topological polar surface area (TPSA) is 234 Å². The highest BCUT2D eigenvalue weighted by Gasteiger charge is 2.61. The molecular weight excluding hydrogens is 710 g/mol. The first-order valence-corrected chi connectivity index (χ1v) is 18.8. The number of amides is 6. The molecule has 6 fully saturated rings. The molecule has 286 valence electrons. The number of likely N-dealkylation sites (tertiary alicyclic amines) is 4. The molecule has 9 rings (SSSR count). The van der Waals surface area contributed by atoms with E-state index in [-0.39, 0.29) is 37.0 Å². The van der Waals surface area contributed by atoms with Gasteiger partial charge in [-0.1, -0.05) is 36.4 Å². The zero-order chi connectivity index (χ0) is 38.6. The summed E-state index contributed by atoms with van der Waals surface area (Å²) in [5.41, 5.74) is 11.5. The van der Waals surface area contributed by atoms with E-state index in [2.05, 4.69) is 4.98 Å². The molecule has 2 aliphatic carbocycles. The van der Waals surface area contributed by atoms with Crippen LogP contribution in [0.5, 0.6) is 0 Å². The minimum atomic E-state index is -1.43. The van der Waals surface area contributed by atoms with Gasteiger partial charge >= 0.3 is 12.2 Å². The fraction of sp³-hybridized carbons (Fsp3) is 0.462. The normalized spacial score (nSPS) is 31.6. The lowest BCUT2D eigenvalue weighted by atomic mass is 9.85. The number of piperidine rings is 2. The number of aromatic nitrogens is 1. The van der Waals surface area contributed by atoms with E-state index in [0.29, 0.717) is 72.4 Å². The first kappa shape index (κ1) is 34.8. The lowest BCUT2D eigenvalue weighted by molar-refractivity contribution is -0.147. The Hall–Kier alpha value is -5.93. The maximum Gasteiger partial charge on any atom is 0.408 e. The third-order valence-electron chi connectivity index (χ3n) is 13.1. The Bertz CT molecular complexity index is 1990. The molecule has 6 amide bonds. The third-order valence-corrected chi connectivity index (χ3v) is 13.1. The predicted molar refractivity (Wildman–Crippen MR) is 191 cm³/mol. The molecule has 6 N–H and O–H groups in total. The van der Waals surface area contributed by atoms with Crippen LogP contribution in [-0.2, 0) is 30.3 Å². The van der Waals surface area contributed by atoms with E-state index in [9.17, 15) is 39.0 Å². The van der Waals surface area contributed by atoms with Crippen LogP contribution in [0.4, 0.5) is 9.59 Å². The van der Waals surface area contributed by atoms with Crippen molar-refractivity contribution in [3.63, 3.8) is 0 Å². The molecule has 3 aromatic rings. The molecule has 0 radical (unpaired) electrons. The van der Waals surface area contributed by atoms with Crippen molar-refractivity contribution >= 4 is 35.8 Å². The SMILES string of the molecule is NC(=O)[C@@]1(c2ccc(-c3cnc(-c4ccc([C@]5(C(N)=O)CCCN5C(=O)[C@@H]5C[C@@H]6C[C@@H]6N5C(=O)O)cc4)o3)cc2)CCCN1C(=O)[C@@H]1C[C@@H]2C[C@@H]2N1C(=O)O. The van der Waals surface area contributed by atoms with Crippen molar-refractivity contribution < 1.29 is 43.4 Å². The number of benzene rings is 2. The molecule has 1 aromatic heterocycles. The number of carbonyl (C=O) groups excluding carboxylic acids is 4. The molecule has 16 nitrogen and oxygen atoms in total. The van der Waals surface area contributed by atoms with Crippen molar-refractivity contribution in [2.75, 3.05) is 13.1 Å². The van der Waals surface area contributed by atoms with E-state index >= 15 is 0 Å². The first-order chi connectivity index (χ1) is 26.4. The molecule has 5 heterocycles. The smallest absolute Gasteiger partial charge is 0.408 e. The molecule has 55 heavy (non-hydrogen) atoms. The van der Waals surface area contributed by atoms with Crippen LogP contribution in [0.1, 0.15) is 62.5 Å². The van der Waals surface area contributed by atoms with Gasteiger partial charge in [0.15, 0.2) is 5.76 Å². The highest BCUT2D eigenvalue weighted by atomic mass is 16.4. The number of carbonyl (C=O) groups is 6. The Balaban J connectivity index is 0.938. The molecule has 16 heteroatoms. The van der Waals surface area contributed by atoms with Crippen molar-refractivity contribution in [1.82, 2.24) is 24.6 Å². The number of carboxylic acid groups (broad SMARTS) is 2. The van der Waals surface area contributed by atoms with Crippen LogP contribution in [0, 0.1) is 11.8 Å². The summed E-state index contributed by atoms with van der Waals surface area (Å²) in [6, 6.07) is 11.9. The van der Waals surface area contributed by atoms with Crippen molar-refractivity contribution in [3.05, 3.63) is 65.9 Å². The number of hydrogen-bond acceptors (Lipinski definition) is 8. The molecule has 0 unspecified atom stereocenters. The minimum absolute atomic E-state index is 0.151. The molecule has 0 spiro atoms. The Morgan fingerprint density at radius 2 is 1.09 bits per heavy atom. The van der Waals surface area contributed by atoms with Crippen LogP contribution < -0.4 is 11.5 Å². The summed E-state index contributed by atoms with van der Waals surface area (Å²) in [5, 5.41) is 19.6. The summed E-state index contributed by atoms with van der Waals surface area (Å²) >= 11 is 0. The first-order valence-electron chi connectivity index (χ1n) is 18.8. The van der Waals surface area contributed by atoms with Crippen molar-refractivity contribution in [1.29, 1.82) is 0 Å². The maximum atomic E-state index is 13.9. The lowest BCUT2D eigenvalue weighted by Gasteiger charge is -2.39. The summed E-state index contributed by atoms with van der Waals surface area (Å²) in [4.78, 5) is 88.0. The second-order valence-corrected chi connectivity index (χ2v) is 15.8. The van der Waals surface area contributed by atoms with Gasteiger partial charge in [-0.2, -0.15) is 0 Å². The zero-order valence-electron chi connectivity index (χ0n) is 29.9. The number of rotatable bonds is 8. The van der Waals surface area contributed by atoms with Crippen LogP contribution in [0.3, 0.4) is 0 Å². The summed E-state index contributed by atoms with van der Waals surface area (Å²) in [6.45, 7) is 0.566. The van der Waals surface area contributed by atoms with Gasteiger partial charge in [0, 0.05) is 36.3 Å². The Labute approximate surface area is 315 Å². The summed E-state index contributed by atoms with van der Waals surface area (Å²) < 4.78 is 6.14. The Morgan fingerprint density at radius 3 is 1.51 bits per heavy atom. The van der Waals surface area contributed by atoms with E-state index < -0.39 is 59.0 Å². The molecule has 8 atom stereocenters. The van der Waals surface area contributed by atoms with Crippen LogP contribution in [0.15, 0.2) is 59.1 Å². The molecule has 4 aliphatic heterocycles. The molecule has 4 saturated heterocycles. The summed E-state index contributed by atoms with van der Waals surface area (Å²) in [6.07, 6.45) is 3.36. The van der Waals surface area contributed by atoms with Crippen molar-refractivity contribution in [2.45, 2.75) is 86.6 Å². The van der Waals surface area contributed by atoms with Gasteiger partial charge < -0.3 is 35.9 Å². The average Bonchev–Trinajstić information content (AvgIpc) is 3.67. The Morgan fingerprint density at radius 1 is 0.655 bits per heavy atom. The van der Waals surface area contributed by atoms with E-state index in [1.807, 2.05) is 0 Å². The van der Waals surface area contributed by atoms with Gasteiger partial charge in [-0.05, 0) is 86.5 Å². The fourth-order valence-electron chi connectivity index (χ4n) is 10.2. The highest BCUT2D eigenvalue weighted by Crippen LogP contribution is 2.51. The number of nitrogens with two attached hydrogens (primary N) is 2. The highest BCUT2D eigenvalue weighted by molar-refractivity contribution is 5.96. The second-order valence-electron chi connectivity index (χ2n) is 15.8. The van der Waals surface area contributed by atoms with E-state index in [1.54, 1.807) is 54.7 Å². The van der Waals surface area contributed by atoms with Crippen LogP contribution in [0.25, 0.3) is 22.8 Å². The van der Waals surface area contributed by atoms with Crippen molar-refractivity contribution in [2.24, 2.45) is 23.3 Å². The maximum absolute atomic E-state index is 13.9. The van der Waals surface area contributed by atoms with Crippen LogP contribution in [0.2, 0.25) is 0 Å². The molecule has 2 aromatic carbocycles. The van der Waals surface area contributed by atoms with Gasteiger partial charge in [0.2, 0.25) is 29.5 Å². The average molecular weight is 752 g/mol. The summed E-state index contributed by atoms with van der Waals surface area (Å²) in [7, 11) is 0. The quantitative estimate of drug-likeness (QED) is 0.263. The van der Waals surface area contributed by atoms with Gasteiger partial charge in [-0.15, -0.1) is 0 Å². The van der Waals surface area contributed by atoms with E-state index in [1.165, 1.54) is 19.6 Å². The fourth-order valence-corrected chi connectivity index (χ4v) is 10.2. The lowest BCUT2D eigenvalue weighted by Crippen LogP contribution is -2.58. The number of primary amides is 2. The third kappa shape index (κ3) is 5.13. The molecule has 2 saturated carbocycles. The van der Waals surface area contributed by atoms with Crippen molar-refractivity contribution in [3.8, 4) is 22.8 Å².